The average molecular weight is 789 g/mol. The molecule has 5 nitrogen and oxygen atoms in total. The normalized spacial score (nSPS) is 13.6. The van der Waals surface area contributed by atoms with Crippen molar-refractivity contribution in [3.8, 4) is 28.4 Å². The Kier molecular flexibility index (Phi) is 8.72. The van der Waals surface area contributed by atoms with E-state index in [9.17, 15) is 0 Å². The van der Waals surface area contributed by atoms with E-state index in [1.807, 2.05) is 42.5 Å². The van der Waals surface area contributed by atoms with E-state index in [0.29, 0.717) is 22.9 Å². The van der Waals surface area contributed by atoms with Crippen molar-refractivity contribution in [2.45, 2.75) is 85.4 Å². The Morgan fingerprint density at radius 1 is 0.567 bits per heavy atom. The van der Waals surface area contributed by atoms with Crippen LogP contribution in [0.15, 0.2) is 146 Å². The molecule has 1 aliphatic rings. The van der Waals surface area contributed by atoms with Gasteiger partial charge in [0.05, 0.1) is 22.7 Å². The summed E-state index contributed by atoms with van der Waals surface area (Å²) in [5.41, 5.74) is 12.6. The van der Waals surface area contributed by atoms with Gasteiger partial charge in [0.1, 0.15) is 17.3 Å². The first kappa shape index (κ1) is 36.5. The molecule has 0 spiro atoms. The van der Waals surface area contributed by atoms with Crippen LogP contribution in [0.4, 0.5) is 22.7 Å². The molecule has 2 aromatic heterocycles. The van der Waals surface area contributed by atoms with Gasteiger partial charge in [0, 0.05) is 50.0 Å². The van der Waals surface area contributed by atoms with Crippen molar-refractivity contribution in [1.29, 1.82) is 0 Å². The van der Waals surface area contributed by atoms with Gasteiger partial charge in [0.2, 0.25) is 11.4 Å². The van der Waals surface area contributed by atoms with Crippen LogP contribution < -0.4 is 13.9 Å². The van der Waals surface area contributed by atoms with Crippen molar-refractivity contribution in [3.05, 3.63) is 168 Å². The Morgan fingerprint density at radius 2 is 1.27 bits per heavy atom. The fourth-order valence-electron chi connectivity index (χ4n) is 8.17. The fraction of sp³-hybridized carbons (Fsp3) is 0.236. The van der Waals surface area contributed by atoms with Gasteiger partial charge in [-0.25, -0.2) is 4.98 Å². The molecule has 1 aliphatic heterocycles. The van der Waals surface area contributed by atoms with Crippen LogP contribution in [0.1, 0.15) is 87.3 Å². The number of pyridine rings is 1. The summed E-state index contributed by atoms with van der Waals surface area (Å²) in [7, 11) is 0. The van der Waals surface area contributed by atoms with Crippen LogP contribution in [-0.4, -0.2) is 15.6 Å². The zero-order chi connectivity index (χ0) is 43.7. The third kappa shape index (κ3) is 7.14. The van der Waals surface area contributed by atoms with Gasteiger partial charge in [-0.05, 0) is 103 Å². The Bertz CT molecular complexity index is 3100. The molecular weight excluding hydrogens is 733 g/mol. The summed E-state index contributed by atoms with van der Waals surface area (Å²) in [5.74, 6) is 2.03. The highest BCUT2D eigenvalue weighted by Crippen LogP contribution is 2.45. The summed E-state index contributed by atoms with van der Waals surface area (Å²) >= 11 is 0. The lowest BCUT2D eigenvalue weighted by Crippen LogP contribution is -2.17. The monoisotopic (exact) mass is 788 g/mol. The quantitative estimate of drug-likeness (QED) is 0.157. The number of hydrogen-bond acceptors (Lipinski definition) is 2. The van der Waals surface area contributed by atoms with Crippen molar-refractivity contribution in [1.82, 2.24) is 18.7 Å². The molecule has 0 bridgehead atoms. The second-order valence-electron chi connectivity index (χ2n) is 19.1. The van der Waals surface area contributed by atoms with Crippen LogP contribution in [-0.2, 0) is 16.2 Å². The summed E-state index contributed by atoms with van der Waals surface area (Å²) < 4.78 is 29.3. The third-order valence-electron chi connectivity index (χ3n) is 11.6. The van der Waals surface area contributed by atoms with Crippen LogP contribution in [0, 0.1) is 6.88 Å². The Morgan fingerprint density at radius 3 is 2.02 bits per heavy atom. The predicted octanol–water partition coefficient (Wildman–Crippen LogP) is 14.7. The smallest absolute Gasteiger partial charge is 0.457 e. The van der Waals surface area contributed by atoms with Crippen molar-refractivity contribution >= 4 is 50.6 Å². The molecule has 0 atom stereocenters. The molecular formula is C55H54N4O+2. The number of hydrogen-bond donors (Lipinski definition) is 0. The van der Waals surface area contributed by atoms with Crippen molar-refractivity contribution < 1.29 is 7.48 Å². The largest absolute Gasteiger partial charge is 0.503 e. The molecule has 0 N–H and O–H groups in total. The molecule has 0 aliphatic carbocycles. The molecule has 6 aromatic carbocycles. The van der Waals surface area contributed by atoms with Gasteiger partial charge in [-0.1, -0.05) is 123 Å². The summed E-state index contributed by atoms with van der Waals surface area (Å²) in [6.45, 7) is 19.4. The second kappa shape index (κ2) is 14.3. The highest BCUT2D eigenvalue weighted by Gasteiger charge is 2.40. The molecule has 8 aromatic rings. The van der Waals surface area contributed by atoms with E-state index in [1.54, 1.807) is 12.3 Å². The maximum atomic E-state index is 8.04. The molecule has 0 unspecified atom stereocenters. The number of aromatic nitrogens is 2. The highest BCUT2D eigenvalue weighted by atomic mass is 16.5. The van der Waals surface area contributed by atoms with E-state index in [2.05, 4.69) is 173 Å². The molecule has 0 radical (unpaired) electrons. The van der Waals surface area contributed by atoms with E-state index in [1.165, 1.54) is 16.7 Å². The fourth-order valence-corrected chi connectivity index (χ4v) is 8.17. The van der Waals surface area contributed by atoms with Gasteiger partial charge >= 0.3 is 11.7 Å². The van der Waals surface area contributed by atoms with Gasteiger partial charge in [-0.2, -0.15) is 0 Å². The van der Waals surface area contributed by atoms with E-state index >= 15 is 0 Å². The maximum absolute atomic E-state index is 8.04. The molecule has 0 saturated heterocycles. The first-order valence-corrected chi connectivity index (χ1v) is 20.8. The number of fused-ring (bicyclic) bond motifs is 4. The molecule has 3 heterocycles. The molecule has 0 amide bonds. The van der Waals surface area contributed by atoms with E-state index in [0.717, 1.165) is 55.7 Å². The molecule has 0 fully saturated rings. The van der Waals surface area contributed by atoms with Crippen LogP contribution in [0.3, 0.4) is 0 Å². The van der Waals surface area contributed by atoms with E-state index in [4.69, 9.17) is 12.5 Å². The minimum absolute atomic E-state index is 0.00185. The van der Waals surface area contributed by atoms with Gasteiger partial charge in [-0.15, -0.1) is 0 Å². The van der Waals surface area contributed by atoms with Gasteiger partial charge < -0.3 is 4.74 Å². The number of para-hydroxylation sites is 2. The third-order valence-corrected chi connectivity index (χ3v) is 11.6. The Labute approximate surface area is 357 Å². The minimum atomic E-state index is -1.11. The lowest BCUT2D eigenvalue weighted by molar-refractivity contribution is 0.483. The molecule has 0 saturated carbocycles. The summed E-state index contributed by atoms with van der Waals surface area (Å²) in [4.78, 5) is 4.69. The Balaban J connectivity index is 1.19. The Hall–Kier alpha value is -6.55. The summed E-state index contributed by atoms with van der Waals surface area (Å²) in [6, 6.07) is 52.6. The molecule has 9 rings (SSSR count). The van der Waals surface area contributed by atoms with Crippen molar-refractivity contribution in [2.75, 3.05) is 0 Å². The number of rotatable bonds is 6. The topological polar surface area (TPSA) is 33.1 Å². The predicted molar refractivity (Wildman–Crippen MR) is 252 cm³/mol. The van der Waals surface area contributed by atoms with Gasteiger partial charge in [0.25, 0.3) is 5.69 Å². The van der Waals surface area contributed by atoms with Crippen LogP contribution in [0.25, 0.3) is 38.8 Å². The lowest BCUT2D eigenvalue weighted by atomic mass is 9.80. The first-order valence-electron chi connectivity index (χ1n) is 22.0. The zero-order valence-electron chi connectivity index (χ0n) is 38.1. The summed E-state index contributed by atoms with van der Waals surface area (Å²) in [5, 5.41) is 2.15. The van der Waals surface area contributed by atoms with Crippen LogP contribution in [0.5, 0.6) is 11.5 Å². The molecule has 5 heteroatoms. The average Bonchev–Trinajstić information content (AvgIpc) is 3.79. The lowest BCUT2D eigenvalue weighted by Gasteiger charge is -2.24. The van der Waals surface area contributed by atoms with Crippen molar-refractivity contribution in [2.24, 2.45) is 0 Å². The number of benzene rings is 6. The van der Waals surface area contributed by atoms with Gasteiger partial charge in [-0.3, -0.25) is 4.57 Å². The minimum Gasteiger partial charge on any atom is -0.457 e. The first-order chi connectivity index (χ1) is 29.4. The molecule has 60 heavy (non-hydrogen) atoms. The highest BCUT2D eigenvalue weighted by molar-refractivity contribution is 6.09. The number of aryl methyl sites for hydroxylation is 1. The van der Waals surface area contributed by atoms with E-state index in [-0.39, 0.29) is 16.2 Å². The number of ether oxygens (including phenoxy) is 1. The summed E-state index contributed by atoms with van der Waals surface area (Å²) in [6.07, 6.45) is 1.68. The zero-order valence-corrected chi connectivity index (χ0v) is 36.1. The SMILES string of the molecule is [2H]C([2H])c1ccnc(-n2c3ccccc3c3ccc(Oc4cccc([N+]5=C=[N+](c6cc(C(C)(C)C)cc(C(C)(C)C)c6)c6c(-c7cccc(C(C)(C)C)c7)cccc65)c4)cc32)c1. The maximum Gasteiger partial charge on any atom is 0.503 e. The van der Waals surface area contributed by atoms with Crippen LogP contribution in [0.2, 0.25) is 0 Å². The van der Waals surface area contributed by atoms with Crippen LogP contribution >= 0.6 is 0 Å². The second-order valence-corrected chi connectivity index (χ2v) is 19.1. The number of nitrogens with zero attached hydrogens (tertiary/aromatic N) is 4. The molecule has 298 valence electrons. The van der Waals surface area contributed by atoms with E-state index < -0.39 is 6.88 Å². The van der Waals surface area contributed by atoms with Crippen molar-refractivity contribution in [3.63, 3.8) is 0 Å². The standard InChI is InChI=1S/C55H54N4O/c1-36-26-27-56-51(28-36)59-48-22-12-11-20-46(48)47-25-24-44(34-50(47)59)60-43-19-14-18-41(33-43)57-35-58(42-31-39(54(5,6)7)30-40(32-42)55(8,9)10)52-45(21-15-23-49(52)57)37-16-13-17-38(29-37)53(2,3)4/h11-34H,1-10H3/q+2/i1D2. The van der Waals surface area contributed by atoms with Gasteiger partial charge in [0.15, 0.2) is 0 Å².